The van der Waals surface area contributed by atoms with Crippen LogP contribution in [0.15, 0.2) is 0 Å². The molecular weight excluding hydrogens is 328 g/mol. The number of carbonyl (C=O) groups is 5. The van der Waals surface area contributed by atoms with Crippen LogP contribution in [0.2, 0.25) is 0 Å². The number of nitrogens with zero attached hydrogens (tertiary/aromatic N) is 1. The molecule has 0 aromatic carbocycles. The highest BCUT2D eigenvalue weighted by Gasteiger charge is 2.35. The van der Waals surface area contributed by atoms with Crippen molar-refractivity contribution in [1.82, 2.24) is 10.2 Å². The van der Waals surface area contributed by atoms with Gasteiger partial charge >= 0.3 is 12.1 Å². The highest BCUT2D eigenvalue weighted by atomic mass is 16.6. The molecule has 2 N–H and O–H groups in total. The third-order valence-corrected chi connectivity index (χ3v) is 2.78. The fourth-order valence-corrected chi connectivity index (χ4v) is 1.65. The molecule has 1 saturated heterocycles. The van der Waals surface area contributed by atoms with E-state index in [0.717, 1.165) is 0 Å². The third kappa shape index (κ3) is 6.30. The Morgan fingerprint density at radius 3 is 2.33 bits per heavy atom. The lowest BCUT2D eigenvalue weighted by Gasteiger charge is -2.15. The van der Waals surface area contributed by atoms with Gasteiger partial charge in [0, 0.05) is 20.0 Å². The molecular formula is C13H18N2O9. The summed E-state index contributed by atoms with van der Waals surface area (Å²) < 4.78 is 13.8. The van der Waals surface area contributed by atoms with Gasteiger partial charge in [-0.1, -0.05) is 0 Å². The topological polar surface area (TPSA) is 149 Å². The minimum atomic E-state index is -1.35. The molecule has 1 atom stereocenters. The van der Waals surface area contributed by atoms with E-state index < -0.39 is 55.6 Å². The maximum absolute atomic E-state index is 11.5. The quantitative estimate of drug-likeness (QED) is 0.373. The number of aliphatic hydroxyl groups is 1. The maximum Gasteiger partial charge on any atom is 0.423 e. The Balaban J connectivity index is 2.21. The van der Waals surface area contributed by atoms with Gasteiger partial charge in [-0.15, -0.1) is 0 Å². The molecule has 1 aliphatic heterocycles. The van der Waals surface area contributed by atoms with Crippen LogP contribution in [0.25, 0.3) is 0 Å². The lowest BCUT2D eigenvalue weighted by Crippen LogP contribution is -2.38. The number of hydrogen-bond donors (Lipinski definition) is 2. The number of aliphatic hydroxyl groups excluding tert-OH is 1. The Morgan fingerprint density at radius 2 is 1.75 bits per heavy atom. The number of methoxy groups -OCH3 is 1. The summed E-state index contributed by atoms with van der Waals surface area (Å²) in [4.78, 5) is 56.8. The number of likely N-dealkylation sites (tertiary alicyclic amines) is 1. The zero-order valence-corrected chi connectivity index (χ0v) is 13.0. The summed E-state index contributed by atoms with van der Waals surface area (Å²) in [7, 11) is 1.32. The standard InChI is InChI=1S/C13H18N2O9/c1-22-7-9(17)14-4-12(20)23-5-8(16)6-24-13(21)15-10(18)2-3-11(15)19/h8,16H,2-7H2,1H3,(H,14,17). The monoisotopic (exact) mass is 346 g/mol. The summed E-state index contributed by atoms with van der Waals surface area (Å²) in [5, 5.41) is 11.8. The highest BCUT2D eigenvalue weighted by Crippen LogP contribution is 2.12. The molecule has 1 aliphatic rings. The zero-order chi connectivity index (χ0) is 18.1. The van der Waals surface area contributed by atoms with Crippen molar-refractivity contribution in [3.63, 3.8) is 0 Å². The Morgan fingerprint density at radius 1 is 1.17 bits per heavy atom. The van der Waals surface area contributed by atoms with Crippen LogP contribution in [0.5, 0.6) is 0 Å². The molecule has 1 heterocycles. The lowest BCUT2D eigenvalue weighted by atomic mass is 10.4. The van der Waals surface area contributed by atoms with E-state index >= 15 is 0 Å². The molecule has 0 spiro atoms. The van der Waals surface area contributed by atoms with E-state index in [2.05, 4.69) is 19.5 Å². The van der Waals surface area contributed by atoms with Gasteiger partial charge in [-0.05, 0) is 0 Å². The molecule has 0 saturated carbocycles. The van der Waals surface area contributed by atoms with E-state index in [9.17, 15) is 29.1 Å². The number of amides is 4. The first-order valence-corrected chi connectivity index (χ1v) is 6.97. The Kier molecular flexibility index (Phi) is 7.79. The first kappa shape index (κ1) is 19.5. The van der Waals surface area contributed by atoms with E-state index in [1.165, 1.54) is 7.11 Å². The molecule has 11 nitrogen and oxygen atoms in total. The van der Waals surface area contributed by atoms with E-state index in [1.807, 2.05) is 0 Å². The predicted octanol–water partition coefficient (Wildman–Crippen LogP) is -2.06. The van der Waals surface area contributed by atoms with Crippen molar-refractivity contribution in [3.05, 3.63) is 0 Å². The van der Waals surface area contributed by atoms with Crippen molar-refractivity contribution in [2.45, 2.75) is 18.9 Å². The van der Waals surface area contributed by atoms with Crippen LogP contribution in [0, 0.1) is 0 Å². The van der Waals surface area contributed by atoms with Gasteiger partial charge in [0.2, 0.25) is 17.7 Å². The molecule has 0 aromatic heterocycles. The van der Waals surface area contributed by atoms with Gasteiger partial charge in [0.1, 0.15) is 32.5 Å². The van der Waals surface area contributed by atoms with E-state index in [0.29, 0.717) is 4.90 Å². The van der Waals surface area contributed by atoms with Crippen molar-refractivity contribution in [2.75, 3.05) is 33.5 Å². The van der Waals surface area contributed by atoms with Gasteiger partial charge in [-0.2, -0.15) is 4.90 Å². The van der Waals surface area contributed by atoms with Gasteiger partial charge in [0.15, 0.2) is 0 Å². The van der Waals surface area contributed by atoms with Gasteiger partial charge in [0.25, 0.3) is 0 Å². The van der Waals surface area contributed by atoms with Crippen LogP contribution in [0.4, 0.5) is 4.79 Å². The molecule has 1 fully saturated rings. The Labute approximate surface area is 136 Å². The Bertz CT molecular complexity index is 504. The van der Waals surface area contributed by atoms with Crippen LogP contribution < -0.4 is 5.32 Å². The molecule has 1 unspecified atom stereocenters. The molecule has 24 heavy (non-hydrogen) atoms. The van der Waals surface area contributed by atoms with Crippen molar-refractivity contribution < 1.29 is 43.3 Å². The molecule has 0 aromatic rings. The largest absolute Gasteiger partial charge is 0.461 e. The fraction of sp³-hybridized carbons (Fsp3) is 0.615. The van der Waals surface area contributed by atoms with Crippen LogP contribution in [-0.4, -0.2) is 79.4 Å². The van der Waals surface area contributed by atoms with Gasteiger partial charge < -0.3 is 24.6 Å². The summed E-state index contributed by atoms with van der Waals surface area (Å²) >= 11 is 0. The normalized spacial score (nSPS) is 15.2. The average Bonchev–Trinajstić information content (AvgIpc) is 2.87. The smallest absolute Gasteiger partial charge is 0.423 e. The van der Waals surface area contributed by atoms with Crippen molar-refractivity contribution in [2.24, 2.45) is 0 Å². The number of esters is 1. The summed E-state index contributed by atoms with van der Waals surface area (Å²) in [5.41, 5.74) is 0. The first-order valence-electron chi connectivity index (χ1n) is 6.97. The molecule has 0 bridgehead atoms. The fourth-order valence-electron chi connectivity index (χ4n) is 1.65. The second-order valence-electron chi connectivity index (χ2n) is 4.75. The first-order chi connectivity index (χ1) is 11.3. The van der Waals surface area contributed by atoms with Crippen LogP contribution in [0.1, 0.15) is 12.8 Å². The van der Waals surface area contributed by atoms with Gasteiger partial charge in [-0.25, -0.2) is 4.79 Å². The summed E-state index contributed by atoms with van der Waals surface area (Å²) in [5.74, 6) is -2.66. The summed E-state index contributed by atoms with van der Waals surface area (Å²) in [6.45, 7) is -1.68. The van der Waals surface area contributed by atoms with Crippen molar-refractivity contribution in [1.29, 1.82) is 0 Å². The number of imide groups is 3. The maximum atomic E-state index is 11.5. The van der Waals surface area contributed by atoms with E-state index in [1.54, 1.807) is 0 Å². The van der Waals surface area contributed by atoms with Gasteiger partial charge in [0.05, 0.1) is 0 Å². The van der Waals surface area contributed by atoms with Crippen molar-refractivity contribution >= 4 is 29.8 Å². The van der Waals surface area contributed by atoms with E-state index in [-0.39, 0.29) is 19.4 Å². The van der Waals surface area contributed by atoms with E-state index in [4.69, 9.17) is 0 Å². The molecule has 0 radical (unpaired) electrons. The molecule has 0 aliphatic carbocycles. The second-order valence-corrected chi connectivity index (χ2v) is 4.75. The van der Waals surface area contributed by atoms with Crippen LogP contribution in [-0.2, 0) is 33.4 Å². The molecule has 11 heteroatoms. The van der Waals surface area contributed by atoms with Crippen LogP contribution in [0.3, 0.4) is 0 Å². The number of carbonyl (C=O) groups excluding carboxylic acids is 5. The summed E-state index contributed by atoms with van der Waals surface area (Å²) in [6, 6.07) is 0. The molecule has 134 valence electrons. The Hall–Kier alpha value is -2.53. The number of hydrogen-bond acceptors (Lipinski definition) is 9. The lowest BCUT2D eigenvalue weighted by molar-refractivity contribution is -0.147. The van der Waals surface area contributed by atoms with Gasteiger partial charge in [-0.3, -0.25) is 19.2 Å². The zero-order valence-electron chi connectivity index (χ0n) is 13.0. The number of nitrogens with one attached hydrogen (secondary N) is 1. The van der Waals surface area contributed by atoms with Crippen LogP contribution >= 0.6 is 0 Å². The number of rotatable bonds is 8. The molecule has 4 amide bonds. The minimum absolute atomic E-state index is 0.0666. The second kappa shape index (κ2) is 9.57. The SMILES string of the molecule is COCC(=O)NCC(=O)OCC(O)COC(=O)N1C(=O)CCC1=O. The average molecular weight is 346 g/mol. The summed E-state index contributed by atoms with van der Waals surface area (Å²) in [6.07, 6.45) is -2.66. The minimum Gasteiger partial charge on any atom is -0.461 e. The molecule has 1 rings (SSSR count). The third-order valence-electron chi connectivity index (χ3n) is 2.78. The highest BCUT2D eigenvalue weighted by molar-refractivity contribution is 6.13. The number of ether oxygens (including phenoxy) is 3. The predicted molar refractivity (Wildman–Crippen MR) is 74.3 cm³/mol. The van der Waals surface area contributed by atoms with Crippen molar-refractivity contribution in [3.8, 4) is 0 Å².